The van der Waals surface area contributed by atoms with Gasteiger partial charge in [-0.2, -0.15) is 0 Å². The Morgan fingerprint density at radius 1 is 1.27 bits per heavy atom. The van der Waals surface area contributed by atoms with Crippen molar-refractivity contribution in [3.05, 3.63) is 75.7 Å². The molecule has 0 aliphatic carbocycles. The molecule has 30 heavy (non-hydrogen) atoms. The second kappa shape index (κ2) is 8.74. The van der Waals surface area contributed by atoms with Crippen LogP contribution in [0.2, 0.25) is 5.02 Å². The van der Waals surface area contributed by atoms with Crippen LogP contribution < -0.4 is 15.4 Å². The third-order valence-electron chi connectivity index (χ3n) is 4.72. The highest BCUT2D eigenvalue weighted by molar-refractivity contribution is 8.05. The van der Waals surface area contributed by atoms with Crippen LogP contribution >= 0.6 is 23.4 Å². The fourth-order valence-corrected chi connectivity index (χ4v) is 4.48. The van der Waals surface area contributed by atoms with Crippen molar-refractivity contribution in [3.63, 3.8) is 0 Å². The molecule has 1 saturated heterocycles. The number of fused-ring (bicyclic) bond motifs is 1. The first-order valence-electron chi connectivity index (χ1n) is 9.35. The molecule has 1 heterocycles. The van der Waals surface area contributed by atoms with Gasteiger partial charge in [0.25, 0.3) is 5.91 Å². The Morgan fingerprint density at radius 2 is 2.10 bits per heavy atom. The summed E-state index contributed by atoms with van der Waals surface area (Å²) in [6.07, 6.45) is 7.23. The number of benzene rings is 3. The number of halogens is 1. The van der Waals surface area contributed by atoms with E-state index in [4.69, 9.17) is 22.8 Å². The van der Waals surface area contributed by atoms with Crippen LogP contribution in [0.25, 0.3) is 16.8 Å². The Kier molecular flexibility index (Phi) is 5.89. The van der Waals surface area contributed by atoms with Gasteiger partial charge in [0.1, 0.15) is 12.4 Å². The van der Waals surface area contributed by atoms with Crippen molar-refractivity contribution in [2.75, 3.05) is 11.9 Å². The maximum atomic E-state index is 12.6. The summed E-state index contributed by atoms with van der Waals surface area (Å²) in [5.41, 5.74) is 2.48. The highest BCUT2D eigenvalue weighted by Gasteiger charge is 2.28. The average molecular weight is 435 g/mol. The smallest absolute Gasteiger partial charge is 0.260 e. The van der Waals surface area contributed by atoms with E-state index >= 15 is 0 Å². The van der Waals surface area contributed by atoms with Gasteiger partial charge in [-0.1, -0.05) is 59.6 Å². The lowest BCUT2D eigenvalue weighted by atomic mass is 10.0. The second-order valence-electron chi connectivity index (χ2n) is 6.77. The highest BCUT2D eigenvalue weighted by Crippen LogP contribution is 2.36. The van der Waals surface area contributed by atoms with Crippen LogP contribution in [0.15, 0.2) is 59.5 Å². The number of carbonyl (C=O) groups is 1. The van der Waals surface area contributed by atoms with Gasteiger partial charge in [0.2, 0.25) is 0 Å². The third-order valence-corrected chi connectivity index (χ3v) is 5.99. The zero-order chi connectivity index (χ0) is 21.1. The highest BCUT2D eigenvalue weighted by atomic mass is 35.5. The van der Waals surface area contributed by atoms with E-state index in [1.807, 2.05) is 67.6 Å². The monoisotopic (exact) mass is 434 g/mol. The normalized spacial score (nSPS) is 17.0. The molecule has 1 atom stereocenters. The van der Waals surface area contributed by atoms with E-state index in [-0.39, 0.29) is 18.0 Å². The number of nitrogens with one attached hydrogen (secondary N) is 2. The lowest BCUT2D eigenvalue weighted by molar-refractivity contribution is -0.116. The number of terminal acetylenes is 1. The summed E-state index contributed by atoms with van der Waals surface area (Å²) in [5.74, 6) is 3.00. The fraction of sp³-hybridized carbons (Fsp3) is 0.125. The van der Waals surface area contributed by atoms with E-state index in [9.17, 15) is 4.79 Å². The minimum Gasteiger partial charge on any atom is -0.480 e. The van der Waals surface area contributed by atoms with Gasteiger partial charge >= 0.3 is 0 Å². The first-order chi connectivity index (χ1) is 14.5. The van der Waals surface area contributed by atoms with Crippen molar-refractivity contribution in [2.45, 2.75) is 12.4 Å². The lowest BCUT2D eigenvalue weighted by Crippen LogP contribution is -2.31. The molecule has 3 aromatic rings. The predicted molar refractivity (Wildman–Crippen MR) is 126 cm³/mol. The number of hydrogen-bond acceptors (Lipinski definition) is 4. The van der Waals surface area contributed by atoms with E-state index in [0.29, 0.717) is 15.7 Å². The molecular formula is C24H19ClN2O2S. The Labute approximate surface area is 184 Å². The Bertz CT molecular complexity index is 1200. The molecule has 4 nitrogen and oxygen atoms in total. The van der Waals surface area contributed by atoms with E-state index in [1.165, 1.54) is 11.8 Å². The predicted octanol–water partition coefficient (Wildman–Crippen LogP) is 5.41. The molecule has 6 heteroatoms. The van der Waals surface area contributed by atoms with Crippen molar-refractivity contribution < 1.29 is 9.53 Å². The second-order valence-corrected chi connectivity index (χ2v) is 8.36. The molecule has 0 radical (unpaired) electrons. The standard InChI is InChI=1S/C24H19ClN2O2S/c1-3-12-29-21-11-8-16-6-4-5-7-18(16)19(21)14-22-23(28)27-24(30-22)26-20-10-9-17(25)13-15(20)2/h1,4-11,13-14,24,26H,12H2,2H3,(H,27,28)/b22-14-. The molecule has 0 aromatic heterocycles. The number of thioether (sulfide) groups is 1. The minimum absolute atomic E-state index is 0.139. The van der Waals surface area contributed by atoms with Crippen molar-refractivity contribution in [1.82, 2.24) is 5.32 Å². The molecule has 1 amide bonds. The first kappa shape index (κ1) is 20.2. The molecule has 0 bridgehead atoms. The first-order valence-corrected chi connectivity index (χ1v) is 10.6. The summed E-state index contributed by atoms with van der Waals surface area (Å²) in [5, 5.41) is 9.04. The van der Waals surface area contributed by atoms with Gasteiger partial charge in [-0.05, 0) is 53.6 Å². The summed E-state index contributed by atoms with van der Waals surface area (Å²) >= 11 is 7.46. The topological polar surface area (TPSA) is 50.4 Å². The molecule has 1 unspecified atom stereocenters. The van der Waals surface area contributed by atoms with Crippen LogP contribution in [0.4, 0.5) is 5.69 Å². The quantitative estimate of drug-likeness (QED) is 0.416. The summed E-state index contributed by atoms with van der Waals surface area (Å²) in [4.78, 5) is 13.2. The van der Waals surface area contributed by atoms with Gasteiger partial charge < -0.3 is 15.4 Å². The van der Waals surface area contributed by atoms with Gasteiger partial charge in [-0.25, -0.2) is 0 Å². The van der Waals surface area contributed by atoms with E-state index in [1.54, 1.807) is 0 Å². The maximum absolute atomic E-state index is 12.6. The maximum Gasteiger partial charge on any atom is 0.260 e. The van der Waals surface area contributed by atoms with Gasteiger partial charge in [0.15, 0.2) is 5.50 Å². The van der Waals surface area contributed by atoms with Gasteiger partial charge in [0, 0.05) is 16.3 Å². The van der Waals surface area contributed by atoms with Crippen molar-refractivity contribution in [2.24, 2.45) is 0 Å². The largest absolute Gasteiger partial charge is 0.480 e. The van der Waals surface area contributed by atoms with Crippen LogP contribution in [0.3, 0.4) is 0 Å². The number of hydrogen-bond donors (Lipinski definition) is 2. The Balaban J connectivity index is 1.65. The fourth-order valence-electron chi connectivity index (χ4n) is 3.30. The SMILES string of the molecule is C#CCOc1ccc2ccccc2c1/C=C1\SC(Nc2ccc(Cl)cc2C)NC1=O. The number of aryl methyl sites for hydroxylation is 1. The molecule has 0 saturated carbocycles. The van der Waals surface area contributed by atoms with Gasteiger partial charge in [-0.15, -0.1) is 6.42 Å². The molecule has 1 aliphatic rings. The van der Waals surface area contributed by atoms with E-state index in [2.05, 4.69) is 16.6 Å². The van der Waals surface area contributed by atoms with Gasteiger partial charge in [0.05, 0.1) is 4.91 Å². The summed E-state index contributed by atoms with van der Waals surface area (Å²) in [6, 6.07) is 17.5. The van der Waals surface area contributed by atoms with E-state index < -0.39 is 0 Å². The molecule has 2 N–H and O–H groups in total. The number of ether oxygens (including phenoxy) is 1. The average Bonchev–Trinajstić information content (AvgIpc) is 3.08. The van der Waals surface area contributed by atoms with Crippen LogP contribution in [-0.2, 0) is 4.79 Å². The van der Waals surface area contributed by atoms with Crippen LogP contribution in [-0.4, -0.2) is 18.0 Å². The number of anilines is 1. The molecule has 0 spiro atoms. The molecule has 1 fully saturated rings. The van der Waals surface area contributed by atoms with Crippen LogP contribution in [0.5, 0.6) is 5.75 Å². The number of rotatable bonds is 5. The summed E-state index contributed by atoms with van der Waals surface area (Å²) in [6.45, 7) is 2.13. The third kappa shape index (κ3) is 4.25. The van der Waals surface area contributed by atoms with E-state index in [0.717, 1.165) is 27.6 Å². The molecule has 1 aliphatic heterocycles. The van der Waals surface area contributed by atoms with Crippen LogP contribution in [0, 0.1) is 19.3 Å². The van der Waals surface area contributed by atoms with Crippen molar-refractivity contribution in [1.29, 1.82) is 0 Å². The van der Waals surface area contributed by atoms with Crippen molar-refractivity contribution >= 4 is 51.8 Å². The molecule has 150 valence electrons. The molecule has 4 rings (SSSR count). The number of amides is 1. The summed E-state index contributed by atoms with van der Waals surface area (Å²) < 4.78 is 5.74. The van der Waals surface area contributed by atoms with Crippen molar-refractivity contribution in [3.8, 4) is 18.1 Å². The molecular weight excluding hydrogens is 416 g/mol. The van der Waals surface area contributed by atoms with Gasteiger partial charge in [-0.3, -0.25) is 4.79 Å². The Morgan fingerprint density at radius 3 is 2.90 bits per heavy atom. The summed E-state index contributed by atoms with van der Waals surface area (Å²) in [7, 11) is 0. The zero-order valence-corrected chi connectivity index (χ0v) is 17.8. The molecule has 3 aromatic carbocycles. The van der Waals surface area contributed by atoms with Crippen LogP contribution in [0.1, 0.15) is 11.1 Å². The Hall–Kier alpha value is -3.07. The lowest BCUT2D eigenvalue weighted by Gasteiger charge is -2.15. The number of carbonyl (C=O) groups excluding carboxylic acids is 1. The minimum atomic E-state index is -0.284. The zero-order valence-electron chi connectivity index (χ0n) is 16.2.